The molecule has 0 aliphatic heterocycles. The Labute approximate surface area is 118 Å². The molecule has 0 saturated heterocycles. The number of halogens is 1. The molecule has 0 bridgehead atoms. The highest BCUT2D eigenvalue weighted by Crippen LogP contribution is 2.20. The maximum absolute atomic E-state index is 14.1. The van der Waals surface area contributed by atoms with Crippen LogP contribution in [0.25, 0.3) is 0 Å². The van der Waals surface area contributed by atoms with Gasteiger partial charge in [-0.05, 0) is 24.6 Å². The van der Waals surface area contributed by atoms with E-state index in [1.54, 1.807) is 18.1 Å². The summed E-state index contributed by atoms with van der Waals surface area (Å²) in [5.74, 6) is -0.823. The minimum atomic E-state index is -0.475. The molecule has 0 aliphatic rings. The Morgan fingerprint density at radius 2 is 2.25 bits per heavy atom. The van der Waals surface area contributed by atoms with E-state index in [0.29, 0.717) is 31.9 Å². The van der Waals surface area contributed by atoms with Gasteiger partial charge < -0.3 is 20.7 Å². The zero-order valence-electron chi connectivity index (χ0n) is 12.0. The Balaban J connectivity index is 2.68. The van der Waals surface area contributed by atoms with Crippen molar-refractivity contribution in [2.45, 2.75) is 13.5 Å². The number of carbonyl (C=O) groups is 1. The van der Waals surface area contributed by atoms with E-state index in [2.05, 4.69) is 5.32 Å². The van der Waals surface area contributed by atoms with Crippen molar-refractivity contribution in [3.8, 4) is 0 Å². The number of nitrogens with two attached hydrogens (primary N) is 1. The second-order valence-corrected chi connectivity index (χ2v) is 4.44. The van der Waals surface area contributed by atoms with Gasteiger partial charge in [0.15, 0.2) is 0 Å². The molecule has 20 heavy (non-hydrogen) atoms. The van der Waals surface area contributed by atoms with E-state index in [9.17, 15) is 9.18 Å². The van der Waals surface area contributed by atoms with E-state index in [0.717, 1.165) is 5.56 Å². The van der Waals surface area contributed by atoms with Gasteiger partial charge >= 0.3 is 0 Å². The van der Waals surface area contributed by atoms with Crippen molar-refractivity contribution in [2.75, 3.05) is 38.3 Å². The average molecular weight is 283 g/mol. The molecule has 3 N–H and O–H groups in total. The summed E-state index contributed by atoms with van der Waals surface area (Å²) in [6, 6.07) is 4.98. The maximum Gasteiger partial charge on any atom is 0.236 e. The number of carbonyl (C=O) groups excluding carboxylic acids is 1. The lowest BCUT2D eigenvalue weighted by Gasteiger charge is -2.22. The van der Waals surface area contributed by atoms with Gasteiger partial charge in [-0.3, -0.25) is 4.79 Å². The van der Waals surface area contributed by atoms with Crippen LogP contribution < -0.4 is 16.0 Å². The molecule has 0 radical (unpaired) electrons. The predicted molar refractivity (Wildman–Crippen MR) is 77.1 cm³/mol. The molecule has 1 amide bonds. The molecule has 5 nitrogen and oxygen atoms in total. The summed E-state index contributed by atoms with van der Waals surface area (Å²) >= 11 is 0. The van der Waals surface area contributed by atoms with E-state index in [4.69, 9.17) is 10.5 Å². The summed E-state index contributed by atoms with van der Waals surface area (Å²) in [4.78, 5) is 12.6. The topological polar surface area (TPSA) is 67.6 Å². The highest BCUT2D eigenvalue weighted by molar-refractivity contribution is 5.79. The van der Waals surface area contributed by atoms with Crippen LogP contribution in [0.2, 0.25) is 0 Å². The molecule has 6 heteroatoms. The number of amides is 1. The number of hydrogen-bond acceptors (Lipinski definition) is 4. The zero-order valence-corrected chi connectivity index (χ0v) is 12.0. The molecule has 1 rings (SSSR count). The number of primary amides is 1. The van der Waals surface area contributed by atoms with Crippen molar-refractivity contribution >= 4 is 11.6 Å². The summed E-state index contributed by atoms with van der Waals surface area (Å²) in [7, 11) is 1.63. The van der Waals surface area contributed by atoms with Crippen LogP contribution in [0.5, 0.6) is 0 Å². The highest BCUT2D eigenvalue weighted by atomic mass is 19.1. The standard InChI is InChI=1S/C14H22FN3O2/c1-3-18(10-14(16)19)13-5-4-11(8-12(13)15)9-17-6-7-20-2/h4-5,8,17H,3,6-7,9-10H2,1-2H3,(H2,16,19). The summed E-state index contributed by atoms with van der Waals surface area (Å²) in [5.41, 5.74) is 6.40. The van der Waals surface area contributed by atoms with Gasteiger partial charge in [-0.15, -0.1) is 0 Å². The molecule has 0 spiro atoms. The monoisotopic (exact) mass is 283 g/mol. The molecule has 0 unspecified atom stereocenters. The number of nitrogens with one attached hydrogen (secondary N) is 1. The fourth-order valence-corrected chi connectivity index (χ4v) is 1.88. The van der Waals surface area contributed by atoms with Crippen LogP contribution in [0, 0.1) is 5.82 Å². The predicted octanol–water partition coefficient (Wildman–Crippen LogP) is 0.873. The SMILES string of the molecule is CCN(CC(N)=O)c1ccc(CNCCOC)cc1F. The fourth-order valence-electron chi connectivity index (χ4n) is 1.88. The largest absolute Gasteiger partial charge is 0.383 e. The molecule has 1 aromatic carbocycles. The Kier molecular flexibility index (Phi) is 6.97. The number of hydrogen-bond donors (Lipinski definition) is 2. The normalized spacial score (nSPS) is 10.6. The number of likely N-dealkylation sites (N-methyl/N-ethyl adjacent to an activating group) is 1. The number of methoxy groups -OCH3 is 1. The number of nitrogens with zero attached hydrogens (tertiary/aromatic N) is 1. The van der Waals surface area contributed by atoms with Crippen molar-refractivity contribution in [1.29, 1.82) is 0 Å². The summed E-state index contributed by atoms with van der Waals surface area (Å²) in [5, 5.41) is 3.15. The second kappa shape index (κ2) is 8.50. The van der Waals surface area contributed by atoms with Crippen molar-refractivity contribution in [3.05, 3.63) is 29.6 Å². The highest BCUT2D eigenvalue weighted by Gasteiger charge is 2.12. The number of benzene rings is 1. The summed E-state index contributed by atoms with van der Waals surface area (Å²) in [6.07, 6.45) is 0. The summed E-state index contributed by atoms with van der Waals surface area (Å²) < 4.78 is 19.0. The molecule has 1 aromatic rings. The number of ether oxygens (including phenoxy) is 1. The van der Waals surface area contributed by atoms with Gasteiger partial charge in [-0.25, -0.2) is 4.39 Å². The van der Waals surface area contributed by atoms with Crippen LogP contribution in [0.3, 0.4) is 0 Å². The van der Waals surface area contributed by atoms with Crippen LogP contribution in [0.4, 0.5) is 10.1 Å². The first kappa shape index (κ1) is 16.4. The van der Waals surface area contributed by atoms with Gasteiger partial charge in [0.25, 0.3) is 0 Å². The minimum absolute atomic E-state index is 0.0128. The van der Waals surface area contributed by atoms with Gasteiger partial charge in [0.2, 0.25) is 5.91 Å². The van der Waals surface area contributed by atoms with E-state index in [1.165, 1.54) is 6.07 Å². The molecule has 0 aromatic heterocycles. The Morgan fingerprint density at radius 1 is 1.50 bits per heavy atom. The number of rotatable bonds is 9. The Morgan fingerprint density at radius 3 is 2.80 bits per heavy atom. The maximum atomic E-state index is 14.1. The van der Waals surface area contributed by atoms with E-state index in [1.807, 2.05) is 13.0 Å². The van der Waals surface area contributed by atoms with Crippen molar-refractivity contribution in [1.82, 2.24) is 5.32 Å². The second-order valence-electron chi connectivity index (χ2n) is 4.44. The van der Waals surface area contributed by atoms with Crippen LogP contribution in [-0.2, 0) is 16.1 Å². The fraction of sp³-hybridized carbons (Fsp3) is 0.500. The lowest BCUT2D eigenvalue weighted by Crippen LogP contribution is -2.34. The lowest BCUT2D eigenvalue weighted by atomic mass is 10.1. The van der Waals surface area contributed by atoms with Crippen molar-refractivity contribution < 1.29 is 13.9 Å². The van der Waals surface area contributed by atoms with Gasteiger partial charge in [0.1, 0.15) is 5.82 Å². The molecule has 0 fully saturated rings. The van der Waals surface area contributed by atoms with Crippen molar-refractivity contribution in [3.63, 3.8) is 0 Å². The van der Waals surface area contributed by atoms with Gasteiger partial charge in [0.05, 0.1) is 18.8 Å². The third kappa shape index (κ3) is 5.14. The van der Waals surface area contributed by atoms with Crippen LogP contribution in [0.15, 0.2) is 18.2 Å². The van der Waals surface area contributed by atoms with E-state index >= 15 is 0 Å². The van der Waals surface area contributed by atoms with E-state index in [-0.39, 0.29) is 12.4 Å². The molecule has 0 atom stereocenters. The van der Waals surface area contributed by atoms with Gasteiger partial charge in [-0.2, -0.15) is 0 Å². The zero-order chi connectivity index (χ0) is 15.0. The smallest absolute Gasteiger partial charge is 0.236 e. The van der Waals surface area contributed by atoms with Gasteiger partial charge in [-0.1, -0.05) is 6.07 Å². The molecule has 0 heterocycles. The Hall–Kier alpha value is -1.66. The average Bonchev–Trinajstić information content (AvgIpc) is 2.41. The Bertz CT molecular complexity index is 440. The first-order valence-electron chi connectivity index (χ1n) is 6.59. The molecular weight excluding hydrogens is 261 g/mol. The van der Waals surface area contributed by atoms with Crippen LogP contribution >= 0.6 is 0 Å². The number of anilines is 1. The third-order valence-corrected chi connectivity index (χ3v) is 2.89. The molecule has 112 valence electrons. The quantitative estimate of drug-likeness (QED) is 0.660. The third-order valence-electron chi connectivity index (χ3n) is 2.89. The summed E-state index contributed by atoms with van der Waals surface area (Å²) in [6.45, 7) is 4.28. The minimum Gasteiger partial charge on any atom is -0.383 e. The molecular formula is C14H22FN3O2. The van der Waals surface area contributed by atoms with Crippen LogP contribution in [-0.4, -0.2) is 39.3 Å². The van der Waals surface area contributed by atoms with Crippen LogP contribution in [0.1, 0.15) is 12.5 Å². The lowest BCUT2D eigenvalue weighted by molar-refractivity contribution is -0.116. The van der Waals surface area contributed by atoms with Crippen molar-refractivity contribution in [2.24, 2.45) is 5.73 Å². The van der Waals surface area contributed by atoms with Gasteiger partial charge in [0, 0.05) is 26.7 Å². The van der Waals surface area contributed by atoms with E-state index < -0.39 is 5.91 Å². The molecule has 0 saturated carbocycles. The first-order valence-corrected chi connectivity index (χ1v) is 6.59. The molecule has 0 aliphatic carbocycles. The first-order chi connectivity index (χ1) is 9.58.